The Hall–Kier alpha value is -1.89. The van der Waals surface area contributed by atoms with E-state index < -0.39 is 23.7 Å². The van der Waals surface area contributed by atoms with Crippen LogP contribution in [0.25, 0.3) is 10.9 Å². The molecule has 0 aliphatic heterocycles. The summed E-state index contributed by atoms with van der Waals surface area (Å²) in [5.41, 5.74) is 5.76. The normalized spacial score (nSPS) is 13.2. The predicted octanol–water partition coefficient (Wildman–Crippen LogP) is 3.08. The highest BCUT2D eigenvalue weighted by Crippen LogP contribution is 2.29. The Kier molecular flexibility index (Phi) is 4.08. The van der Waals surface area contributed by atoms with Crippen LogP contribution in [0.15, 0.2) is 36.5 Å². The molecule has 20 heavy (non-hydrogen) atoms. The number of nitrogens with two attached hydrogens (primary N) is 1. The highest BCUT2D eigenvalue weighted by atomic mass is 32.1. The van der Waals surface area contributed by atoms with Crippen LogP contribution in [-0.2, 0) is 0 Å². The molecule has 1 heterocycles. The molecular formula is C13H11F3N2OS. The SMILES string of the molecule is NC(=S)C(COc1cccc2ncccc12)C(F)(F)F. The number of nitrogens with zero attached hydrogens (tertiary/aromatic N) is 1. The van der Waals surface area contributed by atoms with Gasteiger partial charge >= 0.3 is 6.18 Å². The van der Waals surface area contributed by atoms with E-state index in [9.17, 15) is 13.2 Å². The number of aromatic nitrogens is 1. The van der Waals surface area contributed by atoms with Gasteiger partial charge in [0, 0.05) is 11.6 Å². The van der Waals surface area contributed by atoms with E-state index in [0.717, 1.165) is 0 Å². The summed E-state index contributed by atoms with van der Waals surface area (Å²) in [5.74, 6) is -1.65. The molecule has 1 unspecified atom stereocenters. The van der Waals surface area contributed by atoms with Crippen molar-refractivity contribution >= 4 is 28.1 Å². The molecule has 0 saturated heterocycles. The fourth-order valence-corrected chi connectivity index (χ4v) is 1.91. The zero-order valence-corrected chi connectivity index (χ0v) is 11.0. The first-order chi connectivity index (χ1) is 9.39. The van der Waals surface area contributed by atoms with Crippen molar-refractivity contribution in [3.05, 3.63) is 36.5 Å². The quantitative estimate of drug-likeness (QED) is 0.882. The molecule has 1 aromatic heterocycles. The first kappa shape index (κ1) is 14.5. The molecule has 0 amide bonds. The number of hydrogen-bond donors (Lipinski definition) is 1. The van der Waals surface area contributed by atoms with E-state index >= 15 is 0 Å². The summed E-state index contributed by atoms with van der Waals surface area (Å²) in [6.07, 6.45) is -2.92. The van der Waals surface area contributed by atoms with E-state index in [2.05, 4.69) is 17.2 Å². The van der Waals surface area contributed by atoms with Gasteiger partial charge in [-0.1, -0.05) is 18.3 Å². The van der Waals surface area contributed by atoms with Crippen molar-refractivity contribution in [2.45, 2.75) is 6.18 Å². The van der Waals surface area contributed by atoms with E-state index in [1.807, 2.05) is 0 Å². The number of hydrogen-bond acceptors (Lipinski definition) is 3. The van der Waals surface area contributed by atoms with Crippen molar-refractivity contribution in [2.75, 3.05) is 6.61 Å². The number of thiocarbonyl (C=S) groups is 1. The minimum Gasteiger partial charge on any atom is -0.492 e. The lowest BCUT2D eigenvalue weighted by molar-refractivity contribution is -0.161. The first-order valence-corrected chi connectivity index (χ1v) is 6.13. The van der Waals surface area contributed by atoms with Gasteiger partial charge < -0.3 is 10.5 Å². The minimum absolute atomic E-state index is 0.320. The Morgan fingerprint density at radius 1 is 1.30 bits per heavy atom. The van der Waals surface area contributed by atoms with E-state index in [4.69, 9.17) is 10.5 Å². The van der Waals surface area contributed by atoms with Crippen molar-refractivity contribution < 1.29 is 17.9 Å². The van der Waals surface area contributed by atoms with Crippen LogP contribution in [0.2, 0.25) is 0 Å². The van der Waals surface area contributed by atoms with Crippen molar-refractivity contribution in [1.29, 1.82) is 0 Å². The molecule has 106 valence electrons. The van der Waals surface area contributed by atoms with Crippen molar-refractivity contribution in [1.82, 2.24) is 4.98 Å². The molecule has 2 aromatic rings. The molecule has 2 rings (SSSR count). The van der Waals surface area contributed by atoms with Crippen LogP contribution in [-0.4, -0.2) is 22.8 Å². The molecule has 2 N–H and O–H groups in total. The summed E-state index contributed by atoms with van der Waals surface area (Å²) in [4.78, 5) is 3.47. The van der Waals surface area contributed by atoms with Gasteiger partial charge in [0.1, 0.15) is 18.3 Å². The van der Waals surface area contributed by atoms with E-state index in [1.165, 1.54) is 0 Å². The van der Waals surface area contributed by atoms with Gasteiger partial charge in [-0.3, -0.25) is 4.98 Å². The molecule has 7 heteroatoms. The summed E-state index contributed by atoms with van der Waals surface area (Å²) in [6.45, 7) is -0.646. The monoisotopic (exact) mass is 300 g/mol. The fraction of sp³-hybridized carbons (Fsp3) is 0.231. The number of ether oxygens (including phenoxy) is 1. The minimum atomic E-state index is -4.52. The first-order valence-electron chi connectivity index (χ1n) is 5.72. The fourth-order valence-electron chi connectivity index (χ4n) is 1.71. The zero-order chi connectivity index (χ0) is 14.8. The topological polar surface area (TPSA) is 48.1 Å². The summed E-state index contributed by atoms with van der Waals surface area (Å²) >= 11 is 4.44. The Bertz CT molecular complexity index is 625. The number of benzene rings is 1. The van der Waals surface area contributed by atoms with Gasteiger partial charge in [-0.15, -0.1) is 0 Å². The van der Waals surface area contributed by atoms with Crippen LogP contribution < -0.4 is 10.5 Å². The molecule has 1 atom stereocenters. The molecule has 0 saturated carbocycles. The van der Waals surface area contributed by atoms with Gasteiger partial charge in [-0.2, -0.15) is 13.2 Å². The Balaban J connectivity index is 2.22. The van der Waals surface area contributed by atoms with E-state index in [1.54, 1.807) is 36.5 Å². The van der Waals surface area contributed by atoms with Gasteiger partial charge in [0.2, 0.25) is 0 Å². The summed E-state index contributed by atoms with van der Waals surface area (Å²) in [6, 6.07) is 8.40. The van der Waals surface area contributed by atoms with Crippen molar-refractivity contribution in [3.8, 4) is 5.75 Å². The van der Waals surface area contributed by atoms with Crippen LogP contribution in [0.3, 0.4) is 0 Å². The van der Waals surface area contributed by atoms with Gasteiger partial charge in [0.15, 0.2) is 0 Å². The highest BCUT2D eigenvalue weighted by Gasteiger charge is 2.42. The van der Waals surface area contributed by atoms with Crippen LogP contribution in [0, 0.1) is 5.92 Å². The lowest BCUT2D eigenvalue weighted by atomic mass is 10.1. The maximum Gasteiger partial charge on any atom is 0.401 e. The van der Waals surface area contributed by atoms with Gasteiger partial charge in [0.05, 0.1) is 10.5 Å². The predicted molar refractivity (Wildman–Crippen MR) is 73.6 cm³/mol. The van der Waals surface area contributed by atoms with E-state index in [0.29, 0.717) is 16.7 Å². The molecule has 0 fully saturated rings. The maximum atomic E-state index is 12.7. The lowest BCUT2D eigenvalue weighted by Crippen LogP contribution is -2.38. The molecule has 0 radical (unpaired) electrons. The molecule has 0 aliphatic rings. The van der Waals surface area contributed by atoms with Gasteiger partial charge in [-0.25, -0.2) is 0 Å². The second-order valence-corrected chi connectivity index (χ2v) is 4.61. The third kappa shape index (κ3) is 3.16. The molecule has 3 nitrogen and oxygen atoms in total. The second kappa shape index (κ2) is 5.62. The van der Waals surface area contributed by atoms with Gasteiger partial charge in [-0.05, 0) is 24.3 Å². The molecule has 0 bridgehead atoms. The van der Waals surface area contributed by atoms with Crippen LogP contribution >= 0.6 is 12.2 Å². The average Bonchev–Trinajstić information content (AvgIpc) is 2.37. The number of alkyl halides is 3. The third-order valence-electron chi connectivity index (χ3n) is 2.75. The molecule has 0 aliphatic carbocycles. The van der Waals surface area contributed by atoms with Gasteiger partial charge in [0.25, 0.3) is 0 Å². The molecule has 0 spiro atoms. The van der Waals surface area contributed by atoms with Crippen molar-refractivity contribution in [2.24, 2.45) is 11.7 Å². The van der Waals surface area contributed by atoms with E-state index in [-0.39, 0.29) is 0 Å². The summed E-state index contributed by atoms with van der Waals surface area (Å²) in [7, 11) is 0. The Morgan fingerprint density at radius 3 is 2.70 bits per heavy atom. The Morgan fingerprint density at radius 2 is 2.05 bits per heavy atom. The second-order valence-electron chi connectivity index (χ2n) is 4.13. The van der Waals surface area contributed by atoms with Crippen LogP contribution in [0.5, 0.6) is 5.75 Å². The number of pyridine rings is 1. The van der Waals surface area contributed by atoms with Crippen LogP contribution in [0.1, 0.15) is 0 Å². The standard InChI is InChI=1S/C13H11F3N2OS/c14-13(15,16)9(12(17)20)7-19-11-5-1-4-10-8(11)3-2-6-18-10/h1-6,9H,7H2,(H2,17,20). The third-order valence-corrected chi connectivity index (χ3v) is 3.03. The average molecular weight is 300 g/mol. The number of halogens is 3. The smallest absolute Gasteiger partial charge is 0.401 e. The number of fused-ring (bicyclic) bond motifs is 1. The zero-order valence-electron chi connectivity index (χ0n) is 10.2. The lowest BCUT2D eigenvalue weighted by Gasteiger charge is -2.19. The summed E-state index contributed by atoms with van der Waals surface area (Å²) < 4.78 is 43.4. The molecule has 1 aromatic carbocycles. The number of rotatable bonds is 4. The summed E-state index contributed by atoms with van der Waals surface area (Å²) in [5, 5.41) is 0.638. The van der Waals surface area contributed by atoms with Crippen LogP contribution in [0.4, 0.5) is 13.2 Å². The maximum absolute atomic E-state index is 12.7. The Labute approximate surface area is 118 Å². The largest absolute Gasteiger partial charge is 0.492 e. The highest BCUT2D eigenvalue weighted by molar-refractivity contribution is 7.80. The van der Waals surface area contributed by atoms with Crippen molar-refractivity contribution in [3.63, 3.8) is 0 Å². The molecular weight excluding hydrogens is 289 g/mol.